The summed E-state index contributed by atoms with van der Waals surface area (Å²) in [5, 5.41) is 6.73. The maximum Gasteiger partial charge on any atom is 0.360 e. The van der Waals surface area contributed by atoms with Crippen molar-refractivity contribution in [2.24, 2.45) is 0 Å². The number of thiocarbonyl (C=S) groups is 1. The quantitative estimate of drug-likeness (QED) is 0.597. The molecule has 0 fully saturated rings. The molecule has 0 radical (unpaired) electrons. The molecule has 0 aliphatic rings. The molecule has 20 heavy (non-hydrogen) atoms. The molecule has 104 valence electrons. The zero-order chi connectivity index (χ0) is 14.5. The summed E-state index contributed by atoms with van der Waals surface area (Å²) in [7, 11) is 1.28. The lowest BCUT2D eigenvalue weighted by Crippen LogP contribution is -2.21. The van der Waals surface area contributed by atoms with Gasteiger partial charge in [-0.05, 0) is 36.5 Å². The number of anilines is 2. The Morgan fingerprint density at radius 3 is 2.70 bits per heavy atom. The van der Waals surface area contributed by atoms with Crippen LogP contribution < -0.4 is 10.6 Å². The maximum atomic E-state index is 11.4. The van der Waals surface area contributed by atoms with Gasteiger partial charge in [0.2, 0.25) is 0 Å². The van der Waals surface area contributed by atoms with Gasteiger partial charge in [0, 0.05) is 10.7 Å². The minimum atomic E-state index is -0.553. The highest BCUT2D eigenvalue weighted by molar-refractivity contribution is 7.80. The molecule has 0 bridgehead atoms. The topological polar surface area (TPSA) is 79.0 Å². The average Bonchev–Trinajstić information content (AvgIpc) is 2.88. The molecule has 0 spiro atoms. The van der Waals surface area contributed by atoms with Crippen molar-refractivity contribution in [2.45, 2.75) is 0 Å². The molecule has 1 heterocycles. The number of hydrogen-bond donors (Lipinski definition) is 3. The van der Waals surface area contributed by atoms with E-state index in [9.17, 15) is 4.79 Å². The van der Waals surface area contributed by atoms with Gasteiger partial charge in [-0.2, -0.15) is 0 Å². The summed E-state index contributed by atoms with van der Waals surface area (Å²) in [5.74, 6) is -0.189. The summed E-state index contributed by atoms with van der Waals surface area (Å²) in [6.45, 7) is 0. The number of halogens is 1. The number of rotatable bonds is 3. The van der Waals surface area contributed by atoms with E-state index < -0.39 is 5.97 Å². The van der Waals surface area contributed by atoms with E-state index >= 15 is 0 Å². The van der Waals surface area contributed by atoms with Crippen molar-refractivity contribution in [3.63, 3.8) is 0 Å². The lowest BCUT2D eigenvalue weighted by Gasteiger charge is -2.09. The predicted molar refractivity (Wildman–Crippen MR) is 81.2 cm³/mol. The van der Waals surface area contributed by atoms with Crippen molar-refractivity contribution in [2.75, 3.05) is 17.7 Å². The Morgan fingerprint density at radius 1 is 1.35 bits per heavy atom. The van der Waals surface area contributed by atoms with Crippen LogP contribution in [0.5, 0.6) is 0 Å². The summed E-state index contributed by atoms with van der Waals surface area (Å²) in [4.78, 5) is 18.1. The normalized spacial score (nSPS) is 9.90. The van der Waals surface area contributed by atoms with Gasteiger partial charge in [-0.25, -0.2) is 9.78 Å². The number of nitrogens with one attached hydrogen (secondary N) is 3. The van der Waals surface area contributed by atoms with Gasteiger partial charge >= 0.3 is 5.97 Å². The third-order valence-electron chi connectivity index (χ3n) is 2.36. The van der Waals surface area contributed by atoms with E-state index in [4.69, 9.17) is 23.8 Å². The number of esters is 1. The smallest absolute Gasteiger partial charge is 0.360 e. The second-order valence-electron chi connectivity index (χ2n) is 3.70. The molecule has 6 nitrogen and oxygen atoms in total. The van der Waals surface area contributed by atoms with Crippen molar-refractivity contribution >= 4 is 46.4 Å². The van der Waals surface area contributed by atoms with E-state index in [1.165, 1.54) is 13.4 Å². The van der Waals surface area contributed by atoms with Gasteiger partial charge in [0.15, 0.2) is 10.8 Å². The number of ether oxygens (including phenoxy) is 1. The minimum absolute atomic E-state index is 0.132. The van der Waals surface area contributed by atoms with Crippen molar-refractivity contribution in [1.82, 2.24) is 9.97 Å². The van der Waals surface area contributed by atoms with E-state index in [-0.39, 0.29) is 5.69 Å². The monoisotopic (exact) mass is 310 g/mol. The van der Waals surface area contributed by atoms with Crippen LogP contribution in [0.4, 0.5) is 11.5 Å². The molecule has 2 aromatic rings. The number of methoxy groups -OCH3 is 1. The number of aromatic amines is 1. The van der Waals surface area contributed by atoms with Crippen LogP contribution in [0.25, 0.3) is 0 Å². The Bertz CT molecular complexity index is 627. The number of imidazole rings is 1. The maximum absolute atomic E-state index is 11.4. The Kier molecular flexibility index (Phi) is 4.54. The fourth-order valence-corrected chi connectivity index (χ4v) is 1.80. The number of carbonyl (C=O) groups excluding carboxylic acids is 1. The molecule has 0 amide bonds. The second-order valence-corrected chi connectivity index (χ2v) is 4.55. The fraction of sp³-hybridized carbons (Fsp3) is 0.0833. The number of H-pyrrole nitrogens is 1. The highest BCUT2D eigenvalue weighted by atomic mass is 35.5. The standard InChI is InChI=1S/C12H11ClN4O2S/c1-19-11(18)9-10(15-6-14-9)17-12(20)16-8-4-2-7(13)3-5-8/h2-6H,1H3,(H,14,15)(H2,16,17,20). The zero-order valence-corrected chi connectivity index (χ0v) is 12.0. The van der Waals surface area contributed by atoms with E-state index in [0.29, 0.717) is 16.0 Å². The third kappa shape index (κ3) is 3.46. The van der Waals surface area contributed by atoms with Gasteiger partial charge in [-0.15, -0.1) is 0 Å². The first-order chi connectivity index (χ1) is 9.60. The average molecular weight is 311 g/mol. The molecule has 0 saturated carbocycles. The Hall–Kier alpha value is -2.12. The van der Waals surface area contributed by atoms with Crippen LogP contribution in [0, 0.1) is 0 Å². The van der Waals surface area contributed by atoms with Crippen LogP contribution >= 0.6 is 23.8 Å². The molecule has 0 saturated heterocycles. The molecule has 3 N–H and O–H groups in total. The van der Waals surface area contributed by atoms with Crippen LogP contribution in [0.2, 0.25) is 5.02 Å². The summed E-state index contributed by atoms with van der Waals surface area (Å²) in [5.41, 5.74) is 0.902. The fourth-order valence-electron chi connectivity index (χ4n) is 1.45. The molecule has 2 rings (SSSR count). The number of benzene rings is 1. The Labute approximate surface area is 125 Å². The number of aromatic nitrogens is 2. The second kappa shape index (κ2) is 6.36. The van der Waals surface area contributed by atoms with E-state index in [0.717, 1.165) is 5.69 Å². The van der Waals surface area contributed by atoms with Crippen LogP contribution in [-0.4, -0.2) is 28.2 Å². The lowest BCUT2D eigenvalue weighted by molar-refractivity contribution is 0.0596. The molecule has 0 aliphatic heterocycles. The van der Waals surface area contributed by atoms with Crippen molar-refractivity contribution in [3.8, 4) is 0 Å². The van der Waals surface area contributed by atoms with Gasteiger partial charge in [-0.3, -0.25) is 0 Å². The predicted octanol–water partition coefficient (Wildman–Crippen LogP) is 2.66. The van der Waals surface area contributed by atoms with Gasteiger partial charge in [-0.1, -0.05) is 11.6 Å². The first kappa shape index (κ1) is 14.3. The Morgan fingerprint density at radius 2 is 2.05 bits per heavy atom. The highest BCUT2D eigenvalue weighted by Gasteiger charge is 2.15. The number of hydrogen-bond acceptors (Lipinski definition) is 4. The van der Waals surface area contributed by atoms with Crippen LogP contribution in [0.3, 0.4) is 0 Å². The molecular weight excluding hydrogens is 300 g/mol. The van der Waals surface area contributed by atoms with E-state index in [2.05, 4.69) is 25.3 Å². The van der Waals surface area contributed by atoms with Crippen molar-refractivity contribution in [3.05, 3.63) is 41.3 Å². The Balaban J connectivity index is 2.03. The van der Waals surface area contributed by atoms with Crippen LogP contribution in [-0.2, 0) is 4.74 Å². The minimum Gasteiger partial charge on any atom is -0.464 e. The van der Waals surface area contributed by atoms with Crippen molar-refractivity contribution < 1.29 is 9.53 Å². The third-order valence-corrected chi connectivity index (χ3v) is 2.81. The highest BCUT2D eigenvalue weighted by Crippen LogP contribution is 2.15. The van der Waals surface area contributed by atoms with E-state index in [1.54, 1.807) is 24.3 Å². The van der Waals surface area contributed by atoms with Gasteiger partial charge < -0.3 is 20.4 Å². The van der Waals surface area contributed by atoms with Gasteiger partial charge in [0.05, 0.1) is 13.4 Å². The molecule has 0 atom stereocenters. The number of carbonyl (C=O) groups is 1. The summed E-state index contributed by atoms with van der Waals surface area (Å²) >= 11 is 10.9. The molecule has 0 unspecified atom stereocenters. The molecule has 0 aliphatic carbocycles. The first-order valence-electron chi connectivity index (χ1n) is 5.55. The zero-order valence-electron chi connectivity index (χ0n) is 10.4. The molecule has 8 heteroatoms. The summed E-state index contributed by atoms with van der Waals surface area (Å²) in [6.07, 6.45) is 1.37. The summed E-state index contributed by atoms with van der Waals surface area (Å²) < 4.78 is 4.61. The van der Waals surface area contributed by atoms with Crippen LogP contribution in [0.15, 0.2) is 30.6 Å². The SMILES string of the molecule is COC(=O)c1nc[nH]c1NC(=S)Nc1ccc(Cl)cc1. The van der Waals surface area contributed by atoms with Gasteiger partial charge in [0.1, 0.15) is 5.82 Å². The van der Waals surface area contributed by atoms with Crippen molar-refractivity contribution in [1.29, 1.82) is 0 Å². The number of nitrogens with zero attached hydrogens (tertiary/aromatic N) is 1. The summed E-state index contributed by atoms with van der Waals surface area (Å²) in [6, 6.07) is 7.04. The first-order valence-corrected chi connectivity index (χ1v) is 6.34. The molecular formula is C12H11ClN4O2S. The largest absolute Gasteiger partial charge is 0.464 e. The lowest BCUT2D eigenvalue weighted by atomic mass is 10.3. The van der Waals surface area contributed by atoms with Crippen LogP contribution in [0.1, 0.15) is 10.5 Å². The molecule has 1 aromatic carbocycles. The molecule has 1 aromatic heterocycles. The van der Waals surface area contributed by atoms with Gasteiger partial charge in [0.25, 0.3) is 0 Å². The van der Waals surface area contributed by atoms with E-state index in [1.807, 2.05) is 0 Å².